The molecule has 0 saturated heterocycles. The largest absolute Gasteiger partial charge is 0.382 e. The molecular formula is C16H19ClN4S. The second-order valence-electron chi connectivity index (χ2n) is 5.72. The molecule has 1 saturated carbocycles. The van der Waals surface area contributed by atoms with Gasteiger partial charge < -0.3 is 16.4 Å². The van der Waals surface area contributed by atoms with Gasteiger partial charge in [0.05, 0.1) is 5.52 Å². The molecule has 3 rings (SSSR count). The van der Waals surface area contributed by atoms with Gasteiger partial charge in [0.25, 0.3) is 0 Å². The minimum atomic E-state index is 0.397. The van der Waals surface area contributed by atoms with Crippen LogP contribution in [0.25, 0.3) is 10.9 Å². The first kappa shape index (κ1) is 15.3. The molecule has 1 aliphatic carbocycles. The highest BCUT2D eigenvalue weighted by Gasteiger charge is 2.21. The zero-order chi connectivity index (χ0) is 15.5. The van der Waals surface area contributed by atoms with Crippen molar-refractivity contribution in [2.75, 3.05) is 5.32 Å². The first-order valence-electron chi connectivity index (χ1n) is 7.48. The second kappa shape index (κ2) is 6.67. The SMILES string of the molecule is NC(=S)NC1CCC(Nc2ccnc3cc(Cl)ccc23)CC1. The summed E-state index contributed by atoms with van der Waals surface area (Å²) in [5.41, 5.74) is 7.58. The summed E-state index contributed by atoms with van der Waals surface area (Å²) < 4.78 is 0. The second-order valence-corrected chi connectivity index (χ2v) is 6.60. The molecule has 1 heterocycles. The quantitative estimate of drug-likeness (QED) is 0.750. The van der Waals surface area contributed by atoms with Crippen molar-refractivity contribution in [3.8, 4) is 0 Å². The Morgan fingerprint density at radius 3 is 2.64 bits per heavy atom. The fourth-order valence-electron chi connectivity index (χ4n) is 3.05. The number of nitrogens with zero attached hydrogens (tertiary/aromatic N) is 1. The molecule has 0 bridgehead atoms. The number of nitrogens with one attached hydrogen (secondary N) is 2. The van der Waals surface area contributed by atoms with Crippen molar-refractivity contribution in [2.24, 2.45) is 5.73 Å². The van der Waals surface area contributed by atoms with Crippen LogP contribution in [0.5, 0.6) is 0 Å². The summed E-state index contributed by atoms with van der Waals surface area (Å²) in [7, 11) is 0. The Morgan fingerprint density at radius 1 is 1.18 bits per heavy atom. The molecule has 0 radical (unpaired) electrons. The maximum Gasteiger partial charge on any atom is 0.163 e. The molecule has 6 heteroatoms. The van der Waals surface area contributed by atoms with Crippen molar-refractivity contribution in [2.45, 2.75) is 37.8 Å². The molecule has 2 aromatic rings. The molecule has 22 heavy (non-hydrogen) atoms. The Bertz CT molecular complexity index is 683. The van der Waals surface area contributed by atoms with Crippen LogP contribution in [-0.4, -0.2) is 22.2 Å². The summed E-state index contributed by atoms with van der Waals surface area (Å²) in [5.74, 6) is 0. The topological polar surface area (TPSA) is 63.0 Å². The molecule has 1 fully saturated rings. The number of rotatable bonds is 3. The number of nitrogens with two attached hydrogens (primary N) is 1. The van der Waals surface area contributed by atoms with Gasteiger partial charge in [0, 0.05) is 34.4 Å². The van der Waals surface area contributed by atoms with Crippen LogP contribution in [0.3, 0.4) is 0 Å². The van der Waals surface area contributed by atoms with E-state index >= 15 is 0 Å². The van der Waals surface area contributed by atoms with Gasteiger partial charge in [-0.05, 0) is 62.2 Å². The smallest absolute Gasteiger partial charge is 0.163 e. The monoisotopic (exact) mass is 334 g/mol. The average Bonchev–Trinajstić information content (AvgIpc) is 2.48. The predicted molar refractivity (Wildman–Crippen MR) is 96.3 cm³/mol. The number of fused-ring (bicyclic) bond motifs is 1. The van der Waals surface area contributed by atoms with Crippen LogP contribution in [0.4, 0.5) is 5.69 Å². The molecule has 0 amide bonds. The van der Waals surface area contributed by atoms with Crippen LogP contribution in [0.15, 0.2) is 30.5 Å². The van der Waals surface area contributed by atoms with E-state index < -0.39 is 0 Å². The van der Waals surface area contributed by atoms with Gasteiger partial charge in [-0.15, -0.1) is 0 Å². The van der Waals surface area contributed by atoms with E-state index in [0.717, 1.165) is 42.3 Å². The Morgan fingerprint density at radius 2 is 1.91 bits per heavy atom. The average molecular weight is 335 g/mol. The van der Waals surface area contributed by atoms with E-state index in [1.54, 1.807) is 0 Å². The molecule has 4 N–H and O–H groups in total. The normalized spacial score (nSPS) is 21.5. The standard InChI is InChI=1S/C16H19ClN4S/c17-10-1-6-13-14(7-8-19-15(13)9-10)20-11-2-4-12(5-3-11)21-16(18)22/h1,6-9,11-12H,2-5H2,(H,19,20)(H3,18,21,22). The van der Waals surface area contributed by atoms with Crippen molar-refractivity contribution in [1.82, 2.24) is 10.3 Å². The summed E-state index contributed by atoms with van der Waals surface area (Å²) in [4.78, 5) is 4.38. The van der Waals surface area contributed by atoms with Crippen LogP contribution in [0.1, 0.15) is 25.7 Å². The molecule has 0 spiro atoms. The lowest BCUT2D eigenvalue weighted by molar-refractivity contribution is 0.388. The van der Waals surface area contributed by atoms with Crippen LogP contribution >= 0.6 is 23.8 Å². The van der Waals surface area contributed by atoms with Gasteiger partial charge in [-0.3, -0.25) is 4.98 Å². The zero-order valence-corrected chi connectivity index (χ0v) is 13.8. The molecule has 4 nitrogen and oxygen atoms in total. The van der Waals surface area contributed by atoms with Crippen LogP contribution < -0.4 is 16.4 Å². The van der Waals surface area contributed by atoms with Crippen LogP contribution in [0.2, 0.25) is 5.02 Å². The van der Waals surface area contributed by atoms with Gasteiger partial charge in [0.15, 0.2) is 5.11 Å². The summed E-state index contributed by atoms with van der Waals surface area (Å²) in [6.45, 7) is 0. The van der Waals surface area contributed by atoms with Crippen LogP contribution in [-0.2, 0) is 0 Å². The zero-order valence-electron chi connectivity index (χ0n) is 12.2. The number of aromatic nitrogens is 1. The molecule has 1 aliphatic rings. The van der Waals surface area contributed by atoms with E-state index in [1.807, 2.05) is 30.5 Å². The van der Waals surface area contributed by atoms with Gasteiger partial charge in [-0.25, -0.2) is 0 Å². The van der Waals surface area contributed by atoms with Crippen molar-refractivity contribution < 1.29 is 0 Å². The van der Waals surface area contributed by atoms with Crippen molar-refractivity contribution in [3.05, 3.63) is 35.5 Å². The highest BCUT2D eigenvalue weighted by molar-refractivity contribution is 7.80. The maximum atomic E-state index is 6.03. The molecule has 0 unspecified atom stereocenters. The summed E-state index contributed by atoms with van der Waals surface area (Å²) in [6, 6.07) is 8.71. The van der Waals surface area contributed by atoms with Gasteiger partial charge in [0.1, 0.15) is 0 Å². The number of hydrogen-bond donors (Lipinski definition) is 3. The molecule has 1 aromatic carbocycles. The lowest BCUT2D eigenvalue weighted by atomic mass is 9.91. The van der Waals surface area contributed by atoms with E-state index in [4.69, 9.17) is 29.6 Å². The number of thiocarbonyl (C=S) groups is 1. The fourth-order valence-corrected chi connectivity index (χ4v) is 3.38. The highest BCUT2D eigenvalue weighted by atomic mass is 35.5. The van der Waals surface area contributed by atoms with Gasteiger partial charge in [-0.1, -0.05) is 11.6 Å². The summed E-state index contributed by atoms with van der Waals surface area (Å²) >= 11 is 10.9. The molecule has 0 aliphatic heterocycles. The third kappa shape index (κ3) is 3.59. The fraction of sp³-hybridized carbons (Fsp3) is 0.375. The number of benzene rings is 1. The molecule has 0 atom stereocenters. The van der Waals surface area contributed by atoms with E-state index in [1.165, 1.54) is 0 Å². The van der Waals surface area contributed by atoms with Gasteiger partial charge >= 0.3 is 0 Å². The Balaban J connectivity index is 1.68. The summed E-state index contributed by atoms with van der Waals surface area (Å²) in [6.07, 6.45) is 6.16. The lowest BCUT2D eigenvalue weighted by Gasteiger charge is -2.30. The lowest BCUT2D eigenvalue weighted by Crippen LogP contribution is -2.42. The molecule has 1 aromatic heterocycles. The predicted octanol–water partition coefficient (Wildman–Crippen LogP) is 3.44. The van der Waals surface area contributed by atoms with Gasteiger partial charge in [-0.2, -0.15) is 0 Å². The molecular weight excluding hydrogens is 316 g/mol. The number of hydrogen-bond acceptors (Lipinski definition) is 3. The number of halogens is 1. The first-order valence-corrected chi connectivity index (χ1v) is 8.27. The van der Waals surface area contributed by atoms with Crippen molar-refractivity contribution in [3.63, 3.8) is 0 Å². The van der Waals surface area contributed by atoms with Gasteiger partial charge in [0.2, 0.25) is 0 Å². The minimum absolute atomic E-state index is 0.397. The Labute approximate surface area is 140 Å². The van der Waals surface area contributed by atoms with E-state index in [2.05, 4.69) is 15.6 Å². The molecule has 116 valence electrons. The third-order valence-corrected chi connectivity index (χ3v) is 4.49. The Hall–Kier alpha value is -1.59. The van der Waals surface area contributed by atoms with Crippen molar-refractivity contribution >= 4 is 45.5 Å². The third-order valence-electron chi connectivity index (χ3n) is 4.14. The van der Waals surface area contributed by atoms with E-state index in [9.17, 15) is 0 Å². The first-order chi connectivity index (χ1) is 10.6. The van der Waals surface area contributed by atoms with E-state index in [-0.39, 0.29) is 0 Å². The van der Waals surface area contributed by atoms with Crippen LogP contribution in [0, 0.1) is 0 Å². The summed E-state index contributed by atoms with van der Waals surface area (Å²) in [5, 5.41) is 9.01. The number of pyridine rings is 1. The highest BCUT2D eigenvalue weighted by Crippen LogP contribution is 2.28. The van der Waals surface area contributed by atoms with Crippen molar-refractivity contribution in [1.29, 1.82) is 0 Å². The maximum absolute atomic E-state index is 6.03. The Kier molecular flexibility index (Phi) is 4.64. The number of anilines is 1. The minimum Gasteiger partial charge on any atom is -0.382 e. The van der Waals surface area contributed by atoms with E-state index in [0.29, 0.717) is 22.2 Å².